The van der Waals surface area contributed by atoms with Crippen molar-refractivity contribution in [2.45, 2.75) is 57.7 Å². The first-order chi connectivity index (χ1) is 15.9. The van der Waals surface area contributed by atoms with Gasteiger partial charge >= 0.3 is 12.0 Å². The molecule has 2 heterocycles. The second-order valence-corrected chi connectivity index (χ2v) is 9.23. The van der Waals surface area contributed by atoms with E-state index in [0.717, 1.165) is 35.5 Å². The molecule has 2 atom stereocenters. The normalized spacial score (nSPS) is 14.0. The molecule has 8 nitrogen and oxygen atoms in total. The number of aliphatic carboxylic acids is 1. The molecule has 1 aromatic carbocycles. The highest BCUT2D eigenvalue weighted by molar-refractivity contribution is 7.09. The number of hydrogen-bond donors (Lipinski definition) is 3. The van der Waals surface area contributed by atoms with Crippen LogP contribution in [0.5, 0.6) is 5.75 Å². The topological polar surface area (TPSA) is 108 Å². The van der Waals surface area contributed by atoms with E-state index in [1.807, 2.05) is 30.5 Å². The molecule has 0 radical (unpaired) electrons. The summed E-state index contributed by atoms with van der Waals surface area (Å²) in [6.07, 6.45) is 2.67. The first-order valence-corrected chi connectivity index (χ1v) is 12.1. The molecule has 0 bridgehead atoms. The number of hydrogen-bond acceptors (Lipinski definition) is 5. The number of carboxylic acid groups (broad SMARTS) is 1. The predicted octanol–water partition coefficient (Wildman–Crippen LogP) is 3.72. The number of likely N-dealkylation sites (N-methyl/N-ethyl adjacent to an activating group) is 1. The van der Waals surface area contributed by atoms with Crippen LogP contribution in [0.3, 0.4) is 0 Å². The number of fused-ring (bicyclic) bond motifs is 1. The van der Waals surface area contributed by atoms with E-state index in [4.69, 9.17) is 4.74 Å². The lowest BCUT2D eigenvalue weighted by Gasteiger charge is -2.26. The number of unbranched alkanes of at least 4 members (excludes halogenated alkanes) is 1. The van der Waals surface area contributed by atoms with Gasteiger partial charge in [0.25, 0.3) is 0 Å². The summed E-state index contributed by atoms with van der Waals surface area (Å²) in [5, 5.41) is 16.9. The highest BCUT2D eigenvalue weighted by Gasteiger charge is 2.26. The van der Waals surface area contributed by atoms with Crippen LogP contribution in [0.25, 0.3) is 0 Å². The summed E-state index contributed by atoms with van der Waals surface area (Å²) in [6, 6.07) is 7.39. The molecule has 33 heavy (non-hydrogen) atoms. The molecule has 178 valence electrons. The van der Waals surface area contributed by atoms with Crippen molar-refractivity contribution in [3.8, 4) is 5.75 Å². The third-order valence-electron chi connectivity index (χ3n) is 5.60. The van der Waals surface area contributed by atoms with E-state index < -0.39 is 24.1 Å². The number of nitrogens with zero attached hydrogens (tertiary/aromatic N) is 1. The SMILES string of the molecule is CCCC[C@H](NC(=O)NC(CC(=O)O)c1ccc2c(c1)CCO2)C(=O)N(C)Cc1cccs1. The van der Waals surface area contributed by atoms with Crippen molar-refractivity contribution < 1.29 is 24.2 Å². The Kier molecular flexibility index (Phi) is 8.71. The molecular formula is C24H31N3O5S. The van der Waals surface area contributed by atoms with Crippen molar-refractivity contribution >= 4 is 29.2 Å². The number of carboxylic acids is 1. The van der Waals surface area contributed by atoms with Gasteiger partial charge in [-0.05, 0) is 41.1 Å². The number of nitrogens with one attached hydrogen (secondary N) is 2. The lowest BCUT2D eigenvalue weighted by Crippen LogP contribution is -2.51. The van der Waals surface area contributed by atoms with Crippen LogP contribution in [-0.2, 0) is 22.6 Å². The largest absolute Gasteiger partial charge is 0.493 e. The van der Waals surface area contributed by atoms with E-state index >= 15 is 0 Å². The Balaban J connectivity index is 1.68. The summed E-state index contributed by atoms with van der Waals surface area (Å²) in [4.78, 5) is 40.0. The lowest BCUT2D eigenvalue weighted by molar-refractivity contribution is -0.137. The zero-order valence-corrected chi connectivity index (χ0v) is 19.8. The second-order valence-electron chi connectivity index (χ2n) is 8.20. The summed E-state index contributed by atoms with van der Waals surface area (Å²) >= 11 is 1.57. The number of amides is 3. The third kappa shape index (κ3) is 6.95. The summed E-state index contributed by atoms with van der Waals surface area (Å²) in [6.45, 7) is 3.09. The molecule has 1 unspecified atom stereocenters. The highest BCUT2D eigenvalue weighted by Crippen LogP contribution is 2.29. The molecule has 1 aromatic heterocycles. The number of urea groups is 1. The monoisotopic (exact) mass is 473 g/mol. The van der Waals surface area contributed by atoms with Crippen molar-refractivity contribution in [3.05, 3.63) is 51.7 Å². The first-order valence-electron chi connectivity index (χ1n) is 11.2. The number of carbonyl (C=O) groups is 3. The Bertz CT molecular complexity index is 963. The van der Waals surface area contributed by atoms with Gasteiger partial charge in [-0.2, -0.15) is 0 Å². The molecule has 9 heteroatoms. The van der Waals surface area contributed by atoms with Crippen LogP contribution in [-0.4, -0.2) is 47.6 Å². The second kappa shape index (κ2) is 11.7. The molecule has 0 saturated heterocycles. The van der Waals surface area contributed by atoms with E-state index in [1.54, 1.807) is 35.4 Å². The number of carbonyl (C=O) groups excluding carboxylic acids is 2. The third-order valence-corrected chi connectivity index (χ3v) is 6.46. The molecule has 0 saturated carbocycles. The zero-order chi connectivity index (χ0) is 23.8. The minimum absolute atomic E-state index is 0.170. The summed E-state index contributed by atoms with van der Waals surface area (Å²) in [7, 11) is 1.72. The maximum absolute atomic E-state index is 13.1. The summed E-state index contributed by atoms with van der Waals surface area (Å²) in [5.41, 5.74) is 1.69. The smallest absolute Gasteiger partial charge is 0.315 e. The fourth-order valence-electron chi connectivity index (χ4n) is 3.85. The van der Waals surface area contributed by atoms with E-state index in [2.05, 4.69) is 10.6 Å². The average Bonchev–Trinajstić information content (AvgIpc) is 3.46. The number of rotatable bonds is 11. The van der Waals surface area contributed by atoms with Crippen LogP contribution in [0.2, 0.25) is 0 Å². The van der Waals surface area contributed by atoms with E-state index in [-0.39, 0.29) is 12.3 Å². The van der Waals surface area contributed by atoms with Crippen LogP contribution in [0.1, 0.15) is 54.7 Å². The zero-order valence-electron chi connectivity index (χ0n) is 19.0. The van der Waals surface area contributed by atoms with Gasteiger partial charge in [-0.25, -0.2) is 4.79 Å². The molecule has 1 aliphatic rings. The minimum Gasteiger partial charge on any atom is -0.493 e. The standard InChI is InChI=1S/C24H31N3O5S/c1-3-4-7-19(23(30)27(2)15-18-6-5-12-33-18)25-24(31)26-20(14-22(28)29)16-8-9-21-17(13-16)10-11-32-21/h5-6,8-9,12-13,19-20H,3-4,7,10-11,14-15H2,1-2H3,(H,28,29)(H2,25,26,31)/t19-,20?/m0/s1. The summed E-state index contributed by atoms with van der Waals surface area (Å²) in [5.74, 6) is -0.404. The number of ether oxygens (including phenoxy) is 1. The molecular weight excluding hydrogens is 442 g/mol. The van der Waals surface area contributed by atoms with Crippen LogP contribution >= 0.6 is 11.3 Å². The maximum Gasteiger partial charge on any atom is 0.315 e. The quantitative estimate of drug-likeness (QED) is 0.461. The Morgan fingerprint density at radius 1 is 1.24 bits per heavy atom. The van der Waals surface area contributed by atoms with Crippen molar-refractivity contribution in [3.63, 3.8) is 0 Å². The van der Waals surface area contributed by atoms with Crippen molar-refractivity contribution in [1.29, 1.82) is 0 Å². The molecule has 3 amide bonds. The van der Waals surface area contributed by atoms with Gasteiger partial charge in [0, 0.05) is 18.3 Å². The van der Waals surface area contributed by atoms with Crippen LogP contribution in [0, 0.1) is 0 Å². The molecule has 3 N–H and O–H groups in total. The van der Waals surface area contributed by atoms with Gasteiger partial charge in [-0.3, -0.25) is 9.59 Å². The fraction of sp³-hybridized carbons (Fsp3) is 0.458. The Morgan fingerprint density at radius 3 is 2.76 bits per heavy atom. The summed E-state index contributed by atoms with van der Waals surface area (Å²) < 4.78 is 5.51. The van der Waals surface area contributed by atoms with Crippen LogP contribution < -0.4 is 15.4 Å². The first kappa shape index (κ1) is 24.6. The minimum atomic E-state index is -1.02. The van der Waals surface area contributed by atoms with Gasteiger partial charge in [0.1, 0.15) is 11.8 Å². The van der Waals surface area contributed by atoms with Gasteiger partial charge in [-0.15, -0.1) is 11.3 Å². The van der Waals surface area contributed by atoms with Crippen LogP contribution in [0.4, 0.5) is 4.79 Å². The molecule has 3 rings (SSSR count). The van der Waals surface area contributed by atoms with E-state index in [9.17, 15) is 19.5 Å². The average molecular weight is 474 g/mol. The van der Waals surface area contributed by atoms with Crippen molar-refractivity contribution in [2.24, 2.45) is 0 Å². The van der Waals surface area contributed by atoms with E-state index in [1.165, 1.54) is 0 Å². The Labute approximate surface area is 197 Å². The van der Waals surface area contributed by atoms with Gasteiger partial charge in [0.05, 0.1) is 25.6 Å². The Morgan fingerprint density at radius 2 is 2.06 bits per heavy atom. The highest BCUT2D eigenvalue weighted by atomic mass is 32.1. The molecule has 0 spiro atoms. The molecule has 0 fully saturated rings. The fourth-order valence-corrected chi connectivity index (χ4v) is 4.61. The van der Waals surface area contributed by atoms with Gasteiger partial charge < -0.3 is 25.4 Å². The maximum atomic E-state index is 13.1. The van der Waals surface area contributed by atoms with Crippen molar-refractivity contribution in [2.75, 3.05) is 13.7 Å². The number of thiophene rings is 1. The van der Waals surface area contributed by atoms with Crippen molar-refractivity contribution in [1.82, 2.24) is 15.5 Å². The van der Waals surface area contributed by atoms with Gasteiger partial charge in [0.2, 0.25) is 5.91 Å². The molecule has 2 aromatic rings. The van der Waals surface area contributed by atoms with Gasteiger partial charge in [-0.1, -0.05) is 31.9 Å². The predicted molar refractivity (Wildman–Crippen MR) is 126 cm³/mol. The van der Waals surface area contributed by atoms with Gasteiger partial charge in [0.15, 0.2) is 0 Å². The lowest BCUT2D eigenvalue weighted by atomic mass is 10.00. The Hall–Kier alpha value is -3.07. The number of benzene rings is 1. The molecule has 1 aliphatic heterocycles. The van der Waals surface area contributed by atoms with Crippen LogP contribution in [0.15, 0.2) is 35.7 Å². The molecule has 0 aliphatic carbocycles. The van der Waals surface area contributed by atoms with E-state index in [0.29, 0.717) is 25.1 Å².